The molecule has 7 nitrogen and oxygen atoms in total. The number of hydrogen-bond acceptors (Lipinski definition) is 5. The van der Waals surface area contributed by atoms with E-state index < -0.39 is 33.7 Å². The van der Waals surface area contributed by atoms with Gasteiger partial charge in [0.15, 0.2) is 11.5 Å². The van der Waals surface area contributed by atoms with Crippen molar-refractivity contribution in [2.75, 3.05) is 19.8 Å². The third-order valence-electron chi connectivity index (χ3n) is 4.76. The second kappa shape index (κ2) is 7.85. The van der Waals surface area contributed by atoms with Gasteiger partial charge in [-0.05, 0) is 11.6 Å². The summed E-state index contributed by atoms with van der Waals surface area (Å²) in [4.78, 5) is 23.4. The molecule has 1 N–H and O–H groups in total. The number of benzene rings is 2. The number of amides is 1. The SMILES string of the molecule is CC(C)(CNC(=O)c1cc2c(cc1[N+](=O)[O-])OCCO2)c1cccc(C(F)(F)F)c1. The third-order valence-corrected chi connectivity index (χ3v) is 4.76. The molecule has 160 valence electrons. The summed E-state index contributed by atoms with van der Waals surface area (Å²) >= 11 is 0. The van der Waals surface area contributed by atoms with Crippen LogP contribution in [0.2, 0.25) is 0 Å². The lowest BCUT2D eigenvalue weighted by molar-refractivity contribution is -0.385. The van der Waals surface area contributed by atoms with Gasteiger partial charge in [0.25, 0.3) is 11.6 Å². The fourth-order valence-corrected chi connectivity index (χ4v) is 3.03. The first-order valence-corrected chi connectivity index (χ1v) is 9.03. The molecule has 0 fully saturated rings. The molecular formula is C20H19F3N2O5. The van der Waals surface area contributed by atoms with Gasteiger partial charge in [0, 0.05) is 18.0 Å². The number of hydrogen-bond donors (Lipinski definition) is 1. The Morgan fingerprint density at radius 1 is 1.10 bits per heavy atom. The van der Waals surface area contributed by atoms with E-state index in [2.05, 4.69) is 5.32 Å². The van der Waals surface area contributed by atoms with Crippen molar-refractivity contribution < 1.29 is 32.4 Å². The number of carbonyl (C=O) groups is 1. The predicted octanol–water partition coefficient (Wildman–Crippen LogP) is 4.09. The average Bonchev–Trinajstić information content (AvgIpc) is 2.70. The van der Waals surface area contributed by atoms with Gasteiger partial charge in [0.1, 0.15) is 18.8 Å². The first-order chi connectivity index (χ1) is 14.0. The minimum Gasteiger partial charge on any atom is -0.486 e. The molecule has 2 aromatic carbocycles. The average molecular weight is 424 g/mol. The lowest BCUT2D eigenvalue weighted by atomic mass is 9.83. The number of halogens is 3. The molecule has 0 bridgehead atoms. The van der Waals surface area contributed by atoms with Crippen LogP contribution >= 0.6 is 0 Å². The molecular weight excluding hydrogens is 405 g/mol. The number of rotatable bonds is 5. The largest absolute Gasteiger partial charge is 0.486 e. The van der Waals surface area contributed by atoms with Crippen LogP contribution in [0.1, 0.15) is 35.3 Å². The lowest BCUT2D eigenvalue weighted by Crippen LogP contribution is -2.37. The second-order valence-corrected chi connectivity index (χ2v) is 7.42. The summed E-state index contributed by atoms with van der Waals surface area (Å²) in [5, 5.41) is 14.0. The molecule has 0 saturated heterocycles. The summed E-state index contributed by atoms with van der Waals surface area (Å²) in [6.45, 7) is 3.77. The Balaban J connectivity index is 1.82. The molecule has 30 heavy (non-hydrogen) atoms. The van der Waals surface area contributed by atoms with Gasteiger partial charge in [-0.3, -0.25) is 14.9 Å². The minimum absolute atomic E-state index is 0.0429. The quantitative estimate of drug-likeness (QED) is 0.577. The molecule has 0 saturated carbocycles. The first kappa shape index (κ1) is 21.4. The van der Waals surface area contributed by atoms with E-state index in [1.807, 2.05) is 0 Å². The van der Waals surface area contributed by atoms with Crippen LogP contribution in [0.4, 0.5) is 18.9 Å². The standard InChI is InChI=1S/C20H19F3N2O5/c1-19(2,12-4-3-5-13(8-12)20(21,22)23)11-24-18(26)14-9-16-17(30-7-6-29-16)10-15(14)25(27)28/h3-5,8-10H,6-7,11H2,1-2H3,(H,24,26). The third kappa shape index (κ3) is 4.47. The van der Waals surface area contributed by atoms with E-state index >= 15 is 0 Å². The highest BCUT2D eigenvalue weighted by atomic mass is 19.4. The van der Waals surface area contributed by atoms with Crippen molar-refractivity contribution in [3.8, 4) is 11.5 Å². The summed E-state index contributed by atoms with van der Waals surface area (Å²) in [7, 11) is 0. The molecule has 3 rings (SSSR count). The smallest absolute Gasteiger partial charge is 0.416 e. The van der Waals surface area contributed by atoms with Gasteiger partial charge < -0.3 is 14.8 Å². The molecule has 1 aliphatic heterocycles. The van der Waals surface area contributed by atoms with Crippen LogP contribution in [0.25, 0.3) is 0 Å². The molecule has 0 atom stereocenters. The molecule has 1 amide bonds. The van der Waals surface area contributed by atoms with Gasteiger partial charge in [0.05, 0.1) is 16.6 Å². The van der Waals surface area contributed by atoms with E-state index in [9.17, 15) is 28.1 Å². The Bertz CT molecular complexity index is 989. The van der Waals surface area contributed by atoms with Gasteiger partial charge >= 0.3 is 6.18 Å². The van der Waals surface area contributed by atoms with Crippen molar-refractivity contribution in [1.29, 1.82) is 0 Å². The summed E-state index contributed by atoms with van der Waals surface area (Å²) < 4.78 is 49.7. The molecule has 0 spiro atoms. The van der Waals surface area contributed by atoms with Gasteiger partial charge in [-0.15, -0.1) is 0 Å². The predicted molar refractivity (Wildman–Crippen MR) is 101 cm³/mol. The van der Waals surface area contributed by atoms with Gasteiger partial charge in [0.2, 0.25) is 0 Å². The monoisotopic (exact) mass is 424 g/mol. The number of nitrogens with one attached hydrogen (secondary N) is 1. The van der Waals surface area contributed by atoms with Crippen LogP contribution in [0.15, 0.2) is 36.4 Å². The molecule has 1 aliphatic rings. The number of nitrogens with zero attached hydrogens (tertiary/aromatic N) is 1. The Morgan fingerprint density at radius 3 is 2.30 bits per heavy atom. The Labute approximate surface area is 169 Å². The van der Waals surface area contributed by atoms with Crippen LogP contribution in [-0.4, -0.2) is 30.6 Å². The molecule has 1 heterocycles. The fraction of sp³-hybridized carbons (Fsp3) is 0.350. The summed E-state index contributed by atoms with van der Waals surface area (Å²) in [6.07, 6.45) is -4.48. The maximum Gasteiger partial charge on any atom is 0.416 e. The van der Waals surface area contributed by atoms with E-state index in [4.69, 9.17) is 9.47 Å². The first-order valence-electron chi connectivity index (χ1n) is 9.03. The van der Waals surface area contributed by atoms with E-state index in [0.29, 0.717) is 5.56 Å². The summed E-state index contributed by atoms with van der Waals surface area (Å²) in [6, 6.07) is 7.19. The minimum atomic E-state index is -4.48. The van der Waals surface area contributed by atoms with Crippen LogP contribution in [-0.2, 0) is 11.6 Å². The van der Waals surface area contributed by atoms with Crippen LogP contribution in [0.3, 0.4) is 0 Å². The van der Waals surface area contributed by atoms with Crippen molar-refractivity contribution in [1.82, 2.24) is 5.32 Å². The number of nitro groups is 1. The zero-order chi connectivity index (χ0) is 22.1. The highest BCUT2D eigenvalue weighted by Crippen LogP contribution is 2.37. The number of alkyl halides is 3. The molecule has 2 aromatic rings. The van der Waals surface area contributed by atoms with Gasteiger partial charge in [-0.2, -0.15) is 13.2 Å². The Hall–Kier alpha value is -3.30. The number of ether oxygens (including phenoxy) is 2. The highest BCUT2D eigenvalue weighted by Gasteiger charge is 2.33. The van der Waals surface area contributed by atoms with Crippen molar-refractivity contribution in [2.24, 2.45) is 0 Å². The van der Waals surface area contributed by atoms with Crippen LogP contribution in [0.5, 0.6) is 11.5 Å². The van der Waals surface area contributed by atoms with Gasteiger partial charge in [-0.25, -0.2) is 0 Å². The molecule has 0 aliphatic carbocycles. The Morgan fingerprint density at radius 2 is 1.70 bits per heavy atom. The van der Waals surface area contributed by atoms with Crippen molar-refractivity contribution >= 4 is 11.6 Å². The molecule has 10 heteroatoms. The summed E-state index contributed by atoms with van der Waals surface area (Å²) in [5.74, 6) is -0.346. The summed E-state index contributed by atoms with van der Waals surface area (Å²) in [5.41, 5.74) is -1.95. The van der Waals surface area contributed by atoms with Gasteiger partial charge in [-0.1, -0.05) is 32.0 Å². The molecule has 0 unspecified atom stereocenters. The maximum atomic E-state index is 13.0. The second-order valence-electron chi connectivity index (χ2n) is 7.42. The van der Waals surface area contributed by atoms with Crippen LogP contribution in [0, 0.1) is 10.1 Å². The van der Waals surface area contributed by atoms with E-state index in [1.165, 1.54) is 18.2 Å². The maximum absolute atomic E-state index is 13.0. The normalized spacial score (nSPS) is 13.6. The number of nitro benzene ring substituents is 1. The topological polar surface area (TPSA) is 90.7 Å². The molecule has 0 aromatic heterocycles. The van der Waals surface area contributed by atoms with E-state index in [1.54, 1.807) is 13.8 Å². The van der Waals surface area contributed by atoms with Crippen molar-refractivity contribution in [2.45, 2.75) is 25.4 Å². The van der Waals surface area contributed by atoms with Crippen molar-refractivity contribution in [3.05, 3.63) is 63.2 Å². The number of fused-ring (bicyclic) bond motifs is 1. The fourth-order valence-electron chi connectivity index (χ4n) is 3.03. The lowest BCUT2D eigenvalue weighted by Gasteiger charge is -2.26. The zero-order valence-electron chi connectivity index (χ0n) is 16.2. The number of carbonyl (C=O) groups excluding carboxylic acids is 1. The molecule has 0 radical (unpaired) electrons. The van der Waals surface area contributed by atoms with E-state index in [-0.39, 0.29) is 36.8 Å². The van der Waals surface area contributed by atoms with Crippen LogP contribution < -0.4 is 14.8 Å². The van der Waals surface area contributed by atoms with E-state index in [0.717, 1.165) is 18.2 Å². The van der Waals surface area contributed by atoms with Crippen molar-refractivity contribution in [3.63, 3.8) is 0 Å². The highest BCUT2D eigenvalue weighted by molar-refractivity contribution is 5.99. The Kier molecular flexibility index (Phi) is 5.60. The zero-order valence-corrected chi connectivity index (χ0v) is 16.2.